The molecule has 0 amide bonds. The van der Waals surface area contributed by atoms with Crippen LogP contribution in [0.5, 0.6) is 0 Å². The van der Waals surface area contributed by atoms with Crippen LogP contribution in [-0.2, 0) is 0 Å². The maximum Gasteiger partial charge on any atom is 0.0643 e. The predicted molar refractivity (Wildman–Crippen MR) is 81.6 cm³/mol. The molecule has 0 radical (unpaired) electrons. The molecule has 2 rings (SSSR count). The average molecular weight is 365 g/mol. The second-order valence-electron chi connectivity index (χ2n) is 3.79. The van der Waals surface area contributed by atoms with Crippen LogP contribution in [0.3, 0.4) is 0 Å². The third-order valence-electron chi connectivity index (χ3n) is 2.61. The Balaban J connectivity index is 2.51. The van der Waals surface area contributed by atoms with E-state index in [0.717, 1.165) is 15.6 Å². The fourth-order valence-electron chi connectivity index (χ4n) is 1.68. The van der Waals surface area contributed by atoms with Crippen LogP contribution in [0.1, 0.15) is 17.2 Å². The van der Waals surface area contributed by atoms with Gasteiger partial charge < -0.3 is 5.73 Å². The van der Waals surface area contributed by atoms with Crippen molar-refractivity contribution < 1.29 is 0 Å². The van der Waals surface area contributed by atoms with Crippen molar-refractivity contribution >= 4 is 50.7 Å². The number of halogens is 4. The van der Waals surface area contributed by atoms with Gasteiger partial charge in [0.2, 0.25) is 0 Å². The summed E-state index contributed by atoms with van der Waals surface area (Å²) in [6.07, 6.45) is 0. The summed E-state index contributed by atoms with van der Waals surface area (Å²) in [5.41, 5.74) is 7.76. The van der Waals surface area contributed by atoms with Gasteiger partial charge in [0.25, 0.3) is 0 Å². The van der Waals surface area contributed by atoms with Crippen molar-refractivity contribution in [2.75, 3.05) is 0 Å². The largest absolute Gasteiger partial charge is 0.320 e. The minimum atomic E-state index is -0.416. The molecule has 2 aromatic carbocycles. The van der Waals surface area contributed by atoms with E-state index in [1.807, 2.05) is 24.3 Å². The van der Waals surface area contributed by atoms with Crippen LogP contribution in [-0.4, -0.2) is 0 Å². The van der Waals surface area contributed by atoms with Crippen molar-refractivity contribution in [3.63, 3.8) is 0 Å². The molecule has 0 saturated carbocycles. The number of rotatable bonds is 2. The third-order valence-corrected chi connectivity index (χ3v) is 4.28. The van der Waals surface area contributed by atoms with E-state index in [0.29, 0.717) is 15.1 Å². The Morgan fingerprint density at radius 2 is 1.67 bits per heavy atom. The molecule has 0 aliphatic rings. The van der Waals surface area contributed by atoms with Gasteiger partial charge in [-0.05, 0) is 35.4 Å². The Morgan fingerprint density at radius 1 is 0.944 bits per heavy atom. The highest BCUT2D eigenvalue weighted by Crippen LogP contribution is 2.35. The predicted octanol–water partition coefficient (Wildman–Crippen LogP) is 5.46. The monoisotopic (exact) mass is 363 g/mol. The highest BCUT2D eigenvalue weighted by molar-refractivity contribution is 9.10. The van der Waals surface area contributed by atoms with Crippen molar-refractivity contribution in [3.05, 3.63) is 67.1 Å². The summed E-state index contributed by atoms with van der Waals surface area (Å²) >= 11 is 21.7. The first-order valence-electron chi connectivity index (χ1n) is 5.15. The number of hydrogen-bond donors (Lipinski definition) is 1. The summed E-state index contributed by atoms with van der Waals surface area (Å²) in [5, 5.41) is 1.54. The lowest BCUT2D eigenvalue weighted by atomic mass is 9.99. The number of benzene rings is 2. The summed E-state index contributed by atoms with van der Waals surface area (Å²) in [7, 11) is 0. The van der Waals surface area contributed by atoms with Gasteiger partial charge >= 0.3 is 0 Å². The van der Waals surface area contributed by atoms with Gasteiger partial charge in [-0.25, -0.2) is 0 Å². The van der Waals surface area contributed by atoms with Gasteiger partial charge in [-0.3, -0.25) is 0 Å². The molecule has 18 heavy (non-hydrogen) atoms. The molecular formula is C13H9BrCl3N. The minimum Gasteiger partial charge on any atom is -0.320 e. The van der Waals surface area contributed by atoms with Gasteiger partial charge in [-0.2, -0.15) is 0 Å². The molecule has 0 bridgehead atoms. The highest BCUT2D eigenvalue weighted by atomic mass is 79.9. The molecule has 1 atom stereocenters. The van der Waals surface area contributed by atoms with Crippen molar-refractivity contribution in [2.24, 2.45) is 5.73 Å². The second-order valence-corrected chi connectivity index (χ2v) is 5.89. The fourth-order valence-corrected chi connectivity index (χ4v) is 2.72. The summed E-state index contributed by atoms with van der Waals surface area (Å²) in [6, 6.07) is 10.5. The Morgan fingerprint density at radius 3 is 2.39 bits per heavy atom. The van der Waals surface area contributed by atoms with Gasteiger partial charge in [-0.15, -0.1) is 0 Å². The molecule has 94 valence electrons. The highest BCUT2D eigenvalue weighted by Gasteiger charge is 2.17. The summed E-state index contributed by atoms with van der Waals surface area (Å²) < 4.78 is 0.913. The third kappa shape index (κ3) is 2.84. The smallest absolute Gasteiger partial charge is 0.0643 e. The molecule has 1 unspecified atom stereocenters. The molecule has 0 aliphatic carbocycles. The van der Waals surface area contributed by atoms with E-state index in [-0.39, 0.29) is 0 Å². The lowest BCUT2D eigenvalue weighted by Gasteiger charge is -2.16. The lowest BCUT2D eigenvalue weighted by Crippen LogP contribution is -2.13. The van der Waals surface area contributed by atoms with Crippen molar-refractivity contribution in [1.29, 1.82) is 0 Å². The van der Waals surface area contributed by atoms with Gasteiger partial charge in [-0.1, -0.05) is 62.9 Å². The molecule has 0 saturated heterocycles. The molecule has 5 heteroatoms. The summed E-state index contributed by atoms with van der Waals surface area (Å²) in [6.45, 7) is 0. The molecular weight excluding hydrogens is 356 g/mol. The molecule has 0 aliphatic heterocycles. The van der Waals surface area contributed by atoms with E-state index in [2.05, 4.69) is 15.9 Å². The van der Waals surface area contributed by atoms with Crippen molar-refractivity contribution in [2.45, 2.75) is 6.04 Å². The SMILES string of the molecule is NC(c1cc(Br)ccc1Cl)c1cccc(Cl)c1Cl. The van der Waals surface area contributed by atoms with Crippen LogP contribution in [0.25, 0.3) is 0 Å². The molecule has 0 heterocycles. The molecule has 2 aromatic rings. The van der Waals surface area contributed by atoms with E-state index in [1.165, 1.54) is 0 Å². The molecule has 2 N–H and O–H groups in total. The summed E-state index contributed by atoms with van der Waals surface area (Å²) in [5.74, 6) is 0. The standard InChI is InChI=1S/C13H9BrCl3N/c14-7-4-5-10(15)9(6-7)13(18)8-2-1-3-11(16)12(8)17/h1-6,13H,18H2. The molecule has 0 fully saturated rings. The molecule has 1 nitrogen and oxygen atoms in total. The van der Waals surface area contributed by atoms with Crippen LogP contribution in [0.4, 0.5) is 0 Å². The van der Waals surface area contributed by atoms with E-state index in [9.17, 15) is 0 Å². The first-order valence-corrected chi connectivity index (χ1v) is 7.08. The number of hydrogen-bond acceptors (Lipinski definition) is 1. The topological polar surface area (TPSA) is 26.0 Å². The first kappa shape index (κ1) is 14.2. The van der Waals surface area contributed by atoms with Crippen LogP contribution < -0.4 is 5.73 Å². The van der Waals surface area contributed by atoms with Gasteiger partial charge in [0.15, 0.2) is 0 Å². The van der Waals surface area contributed by atoms with Crippen molar-refractivity contribution in [1.82, 2.24) is 0 Å². The second kappa shape index (κ2) is 5.81. The van der Waals surface area contributed by atoms with Crippen molar-refractivity contribution in [3.8, 4) is 0 Å². The maximum absolute atomic E-state index is 6.21. The quantitative estimate of drug-likeness (QED) is 0.752. The van der Waals surface area contributed by atoms with Crippen LogP contribution in [0.15, 0.2) is 40.9 Å². The van der Waals surface area contributed by atoms with Gasteiger partial charge in [0.1, 0.15) is 0 Å². The Bertz CT molecular complexity index is 584. The Kier molecular flexibility index (Phi) is 4.57. The van der Waals surface area contributed by atoms with E-state index < -0.39 is 6.04 Å². The molecule has 0 spiro atoms. The minimum absolute atomic E-state index is 0.416. The average Bonchev–Trinajstić information content (AvgIpc) is 2.35. The Hall–Kier alpha value is -0.250. The lowest BCUT2D eigenvalue weighted by molar-refractivity contribution is 0.871. The fraction of sp³-hybridized carbons (Fsp3) is 0.0769. The van der Waals surface area contributed by atoms with Crippen LogP contribution in [0.2, 0.25) is 15.1 Å². The zero-order valence-electron chi connectivity index (χ0n) is 9.13. The molecule has 0 aromatic heterocycles. The Labute approximate surface area is 129 Å². The van der Waals surface area contributed by atoms with E-state index in [4.69, 9.17) is 40.5 Å². The maximum atomic E-state index is 6.21. The number of nitrogens with two attached hydrogens (primary N) is 1. The first-order chi connectivity index (χ1) is 8.50. The van der Waals surface area contributed by atoms with Crippen LogP contribution in [0, 0.1) is 0 Å². The van der Waals surface area contributed by atoms with E-state index >= 15 is 0 Å². The van der Waals surface area contributed by atoms with Gasteiger partial charge in [0.05, 0.1) is 16.1 Å². The van der Waals surface area contributed by atoms with Crippen LogP contribution >= 0.6 is 50.7 Å². The normalized spacial score (nSPS) is 12.5. The zero-order valence-corrected chi connectivity index (χ0v) is 13.0. The van der Waals surface area contributed by atoms with Gasteiger partial charge in [0, 0.05) is 9.50 Å². The summed E-state index contributed by atoms with van der Waals surface area (Å²) in [4.78, 5) is 0. The zero-order chi connectivity index (χ0) is 13.3. The van der Waals surface area contributed by atoms with E-state index in [1.54, 1.807) is 12.1 Å².